The quantitative estimate of drug-likeness (QED) is 0.588. The van der Waals surface area contributed by atoms with Crippen molar-refractivity contribution in [2.45, 2.75) is 6.42 Å². The van der Waals surface area contributed by atoms with Gasteiger partial charge in [-0.15, -0.1) is 0 Å². The average Bonchev–Trinajstić information content (AvgIpc) is 3.23. The van der Waals surface area contributed by atoms with Gasteiger partial charge in [0.05, 0.1) is 7.11 Å². The summed E-state index contributed by atoms with van der Waals surface area (Å²) in [5.41, 5.74) is 1.67. The molecule has 1 amide bonds. The number of hydrogen-bond donors (Lipinski definition) is 1. The summed E-state index contributed by atoms with van der Waals surface area (Å²) < 4.78 is 28.5. The number of benzene rings is 2. The van der Waals surface area contributed by atoms with Gasteiger partial charge in [0.2, 0.25) is 5.76 Å². The molecule has 150 valence electrons. The predicted octanol–water partition coefficient (Wildman–Crippen LogP) is 3.61. The fourth-order valence-corrected chi connectivity index (χ4v) is 2.61. The van der Waals surface area contributed by atoms with E-state index in [-0.39, 0.29) is 11.6 Å². The highest BCUT2D eigenvalue weighted by Gasteiger charge is 2.15. The third kappa shape index (κ3) is 5.68. The van der Waals surface area contributed by atoms with E-state index in [0.717, 1.165) is 11.3 Å². The molecule has 3 aromatic rings. The van der Waals surface area contributed by atoms with Crippen LogP contribution < -0.4 is 10.1 Å². The van der Waals surface area contributed by atoms with Gasteiger partial charge in [-0.2, -0.15) is 0 Å². The molecule has 1 aromatic heterocycles. The Morgan fingerprint density at radius 3 is 2.41 bits per heavy atom. The lowest BCUT2D eigenvalue weighted by molar-refractivity contribution is -0.124. The Bertz CT molecular complexity index is 964. The standard InChI is InChI=1S/C22H20FNO5/c1-27-18-8-2-15(3-9-18)12-13-24-21(25)14-28-22(26)20-11-10-19(29-20)16-4-6-17(23)7-5-16/h2-11H,12-14H2,1H3,(H,24,25). The number of hydrogen-bond acceptors (Lipinski definition) is 5. The van der Waals surface area contributed by atoms with E-state index in [0.29, 0.717) is 24.3 Å². The fraction of sp³-hybridized carbons (Fsp3) is 0.182. The van der Waals surface area contributed by atoms with Crippen LogP contribution in [0.2, 0.25) is 0 Å². The van der Waals surface area contributed by atoms with Crippen LogP contribution in [0.3, 0.4) is 0 Å². The minimum atomic E-state index is -0.747. The van der Waals surface area contributed by atoms with Crippen molar-refractivity contribution >= 4 is 11.9 Å². The molecular weight excluding hydrogens is 377 g/mol. The summed E-state index contributed by atoms with van der Waals surface area (Å²) in [4.78, 5) is 23.9. The van der Waals surface area contributed by atoms with Gasteiger partial charge >= 0.3 is 5.97 Å². The number of furan rings is 1. The SMILES string of the molecule is COc1ccc(CCNC(=O)COC(=O)c2ccc(-c3ccc(F)cc3)o2)cc1. The largest absolute Gasteiger partial charge is 0.497 e. The summed E-state index contributed by atoms with van der Waals surface area (Å²) in [6.45, 7) is 0.00616. The van der Waals surface area contributed by atoms with Crippen LogP contribution in [0, 0.1) is 5.82 Å². The monoisotopic (exact) mass is 397 g/mol. The first-order chi connectivity index (χ1) is 14.0. The second kappa shape index (κ2) is 9.54. The van der Waals surface area contributed by atoms with Gasteiger partial charge in [0, 0.05) is 12.1 Å². The van der Waals surface area contributed by atoms with Crippen LogP contribution in [0.4, 0.5) is 4.39 Å². The number of carbonyl (C=O) groups excluding carboxylic acids is 2. The second-order valence-electron chi connectivity index (χ2n) is 6.19. The van der Waals surface area contributed by atoms with Crippen LogP contribution in [-0.4, -0.2) is 32.1 Å². The van der Waals surface area contributed by atoms with E-state index in [1.54, 1.807) is 25.3 Å². The molecular formula is C22H20FNO5. The zero-order valence-corrected chi connectivity index (χ0v) is 15.8. The maximum atomic E-state index is 13.0. The van der Waals surface area contributed by atoms with E-state index in [4.69, 9.17) is 13.9 Å². The lowest BCUT2D eigenvalue weighted by Crippen LogP contribution is -2.30. The van der Waals surface area contributed by atoms with Crippen molar-refractivity contribution in [1.29, 1.82) is 0 Å². The lowest BCUT2D eigenvalue weighted by atomic mass is 10.1. The Hall–Kier alpha value is -3.61. The number of methoxy groups -OCH3 is 1. The number of rotatable bonds is 8. The predicted molar refractivity (Wildman–Crippen MR) is 104 cm³/mol. The smallest absolute Gasteiger partial charge is 0.374 e. The average molecular weight is 397 g/mol. The van der Waals surface area contributed by atoms with Crippen LogP contribution in [0.15, 0.2) is 65.1 Å². The number of nitrogens with one attached hydrogen (secondary N) is 1. The number of carbonyl (C=O) groups is 2. The Balaban J connectivity index is 1.42. The highest BCUT2D eigenvalue weighted by Crippen LogP contribution is 2.22. The Morgan fingerprint density at radius 2 is 1.72 bits per heavy atom. The summed E-state index contributed by atoms with van der Waals surface area (Å²) in [6, 6.07) is 16.2. The molecule has 29 heavy (non-hydrogen) atoms. The molecule has 0 atom stereocenters. The van der Waals surface area contributed by atoms with Crippen LogP contribution in [0.25, 0.3) is 11.3 Å². The summed E-state index contributed by atoms with van der Waals surface area (Å²) in [5.74, 6) is -0.375. The van der Waals surface area contributed by atoms with Crippen LogP contribution in [-0.2, 0) is 16.0 Å². The van der Waals surface area contributed by atoms with Crippen molar-refractivity contribution in [2.75, 3.05) is 20.3 Å². The van der Waals surface area contributed by atoms with Crippen molar-refractivity contribution in [3.63, 3.8) is 0 Å². The number of halogens is 1. The maximum Gasteiger partial charge on any atom is 0.374 e. The van der Waals surface area contributed by atoms with Gasteiger partial charge < -0.3 is 19.2 Å². The van der Waals surface area contributed by atoms with Gasteiger partial charge in [-0.05, 0) is 60.5 Å². The zero-order chi connectivity index (χ0) is 20.6. The Kier molecular flexibility index (Phi) is 6.63. The summed E-state index contributed by atoms with van der Waals surface area (Å²) >= 11 is 0. The zero-order valence-electron chi connectivity index (χ0n) is 15.8. The molecule has 0 aliphatic rings. The van der Waals surface area contributed by atoms with Gasteiger partial charge in [-0.1, -0.05) is 12.1 Å². The molecule has 3 rings (SSSR count). The number of amides is 1. The first-order valence-electron chi connectivity index (χ1n) is 8.97. The highest BCUT2D eigenvalue weighted by molar-refractivity contribution is 5.89. The van der Waals surface area contributed by atoms with Gasteiger partial charge in [0.15, 0.2) is 6.61 Å². The molecule has 6 nitrogen and oxygen atoms in total. The third-order valence-corrected chi connectivity index (χ3v) is 4.17. The fourth-order valence-electron chi connectivity index (χ4n) is 2.61. The summed E-state index contributed by atoms with van der Waals surface area (Å²) in [7, 11) is 1.60. The lowest BCUT2D eigenvalue weighted by Gasteiger charge is -2.06. The van der Waals surface area contributed by atoms with E-state index >= 15 is 0 Å². The molecule has 0 aliphatic heterocycles. The van der Waals surface area contributed by atoms with E-state index < -0.39 is 18.5 Å². The molecule has 0 radical (unpaired) electrons. The van der Waals surface area contributed by atoms with Gasteiger partial charge in [0.1, 0.15) is 17.3 Å². The third-order valence-electron chi connectivity index (χ3n) is 4.17. The van der Waals surface area contributed by atoms with Crippen LogP contribution >= 0.6 is 0 Å². The van der Waals surface area contributed by atoms with E-state index in [1.165, 1.54) is 18.2 Å². The van der Waals surface area contributed by atoms with E-state index in [1.807, 2.05) is 24.3 Å². The molecule has 0 fully saturated rings. The first kappa shape index (κ1) is 20.1. The van der Waals surface area contributed by atoms with Crippen molar-refractivity contribution in [1.82, 2.24) is 5.32 Å². The van der Waals surface area contributed by atoms with Crippen molar-refractivity contribution in [3.8, 4) is 17.1 Å². The molecule has 0 bridgehead atoms. The molecule has 1 N–H and O–H groups in total. The molecule has 1 heterocycles. The Labute approximate surface area is 167 Å². The molecule has 0 spiro atoms. The van der Waals surface area contributed by atoms with Crippen molar-refractivity contribution in [2.24, 2.45) is 0 Å². The first-order valence-corrected chi connectivity index (χ1v) is 8.97. The van der Waals surface area contributed by atoms with Crippen molar-refractivity contribution < 1.29 is 27.9 Å². The molecule has 0 saturated heterocycles. The second-order valence-corrected chi connectivity index (χ2v) is 6.19. The molecule has 0 aliphatic carbocycles. The van der Waals surface area contributed by atoms with E-state index in [9.17, 15) is 14.0 Å². The minimum absolute atomic E-state index is 0.0321. The summed E-state index contributed by atoms with van der Waals surface area (Å²) in [6.07, 6.45) is 0.642. The maximum absolute atomic E-state index is 13.0. The normalized spacial score (nSPS) is 10.4. The molecule has 7 heteroatoms. The van der Waals surface area contributed by atoms with Gasteiger partial charge in [-0.25, -0.2) is 9.18 Å². The Morgan fingerprint density at radius 1 is 1.00 bits per heavy atom. The summed E-state index contributed by atoms with van der Waals surface area (Å²) in [5, 5.41) is 2.69. The molecule has 0 unspecified atom stereocenters. The van der Waals surface area contributed by atoms with Crippen LogP contribution in [0.5, 0.6) is 5.75 Å². The van der Waals surface area contributed by atoms with E-state index in [2.05, 4.69) is 5.32 Å². The highest BCUT2D eigenvalue weighted by atomic mass is 19.1. The minimum Gasteiger partial charge on any atom is -0.497 e. The van der Waals surface area contributed by atoms with Crippen LogP contribution in [0.1, 0.15) is 16.1 Å². The van der Waals surface area contributed by atoms with Gasteiger partial charge in [-0.3, -0.25) is 4.79 Å². The molecule has 0 saturated carbocycles. The van der Waals surface area contributed by atoms with Gasteiger partial charge in [0.25, 0.3) is 5.91 Å². The number of ether oxygens (including phenoxy) is 2. The topological polar surface area (TPSA) is 77.8 Å². The van der Waals surface area contributed by atoms with Crippen molar-refractivity contribution in [3.05, 3.63) is 77.8 Å². The molecule has 2 aromatic carbocycles. The number of esters is 1.